The summed E-state index contributed by atoms with van der Waals surface area (Å²) in [6.45, 7) is 3.53. The van der Waals surface area contributed by atoms with E-state index in [1.54, 1.807) is 32.3 Å². The van der Waals surface area contributed by atoms with Crippen molar-refractivity contribution in [1.29, 1.82) is 0 Å². The number of rotatable bonds is 2. The highest BCUT2D eigenvalue weighted by atomic mass is 16.1. The Morgan fingerprint density at radius 1 is 1.38 bits per heavy atom. The van der Waals surface area contributed by atoms with Gasteiger partial charge < -0.3 is 4.98 Å². The van der Waals surface area contributed by atoms with Crippen molar-refractivity contribution >= 4 is 11.9 Å². The Bertz CT molecular complexity index is 506. The van der Waals surface area contributed by atoms with E-state index in [0.29, 0.717) is 22.9 Å². The van der Waals surface area contributed by atoms with Gasteiger partial charge in [-0.25, -0.2) is 4.98 Å². The van der Waals surface area contributed by atoms with Gasteiger partial charge in [0.1, 0.15) is 0 Å². The maximum absolute atomic E-state index is 11.8. The summed E-state index contributed by atoms with van der Waals surface area (Å²) < 4.78 is 0. The van der Waals surface area contributed by atoms with Crippen LogP contribution in [0.4, 0.5) is 5.95 Å². The Morgan fingerprint density at radius 2 is 2.19 bits per heavy atom. The lowest BCUT2D eigenvalue weighted by atomic mass is 10.2. The Labute approximate surface area is 92.1 Å². The van der Waals surface area contributed by atoms with Gasteiger partial charge >= 0.3 is 0 Å². The van der Waals surface area contributed by atoms with E-state index in [1.807, 2.05) is 0 Å². The number of aromatic amines is 1. The monoisotopic (exact) mass is 217 g/mol. The van der Waals surface area contributed by atoms with Crippen LogP contribution in [0.25, 0.3) is 0 Å². The number of nitrogens with zero attached hydrogens (tertiary/aromatic N) is 3. The molecular weight excluding hydrogens is 206 g/mol. The number of imidazole rings is 1. The van der Waals surface area contributed by atoms with Gasteiger partial charge in [-0.15, -0.1) is 0 Å². The molecule has 0 unspecified atom stereocenters. The summed E-state index contributed by atoms with van der Waals surface area (Å²) in [5, 5.41) is 10.4. The minimum Gasteiger partial charge on any atom is -0.331 e. The molecule has 0 saturated carbocycles. The van der Waals surface area contributed by atoms with Gasteiger partial charge in [-0.3, -0.25) is 10.1 Å². The average Bonchev–Trinajstić information content (AvgIpc) is 2.74. The highest BCUT2D eigenvalue weighted by Crippen LogP contribution is 2.07. The number of anilines is 1. The van der Waals surface area contributed by atoms with Gasteiger partial charge in [0.25, 0.3) is 5.91 Å². The molecule has 0 atom stereocenters. The van der Waals surface area contributed by atoms with E-state index in [-0.39, 0.29) is 5.91 Å². The average molecular weight is 217 g/mol. The molecule has 0 radical (unpaired) electrons. The summed E-state index contributed by atoms with van der Waals surface area (Å²) in [6.07, 6.45) is 3.21. The Hall–Kier alpha value is -2.24. The van der Waals surface area contributed by atoms with Crippen LogP contribution in [0.3, 0.4) is 0 Å². The molecule has 82 valence electrons. The predicted molar refractivity (Wildman–Crippen MR) is 58.0 cm³/mol. The number of amides is 1. The minimum atomic E-state index is -0.245. The molecule has 6 heteroatoms. The predicted octanol–water partition coefficient (Wildman–Crippen LogP) is 1.07. The molecule has 0 spiro atoms. The van der Waals surface area contributed by atoms with Crippen molar-refractivity contribution in [3.8, 4) is 0 Å². The molecule has 0 fully saturated rings. The van der Waals surface area contributed by atoms with Crippen LogP contribution in [0.1, 0.15) is 21.7 Å². The summed E-state index contributed by atoms with van der Waals surface area (Å²) in [7, 11) is 0. The second-order valence-corrected chi connectivity index (χ2v) is 3.38. The first-order valence-corrected chi connectivity index (χ1v) is 4.78. The van der Waals surface area contributed by atoms with Gasteiger partial charge in [-0.1, -0.05) is 0 Å². The lowest BCUT2D eigenvalue weighted by Gasteiger charge is -2.04. The van der Waals surface area contributed by atoms with Gasteiger partial charge in [0.05, 0.1) is 17.0 Å². The number of H-pyrrole nitrogens is 1. The molecule has 2 aromatic rings. The third-order valence-electron chi connectivity index (χ3n) is 2.08. The van der Waals surface area contributed by atoms with Crippen molar-refractivity contribution < 1.29 is 4.79 Å². The van der Waals surface area contributed by atoms with Crippen LogP contribution in [0.5, 0.6) is 0 Å². The summed E-state index contributed by atoms with van der Waals surface area (Å²) in [5.74, 6) is 0.171. The maximum atomic E-state index is 11.8. The quantitative estimate of drug-likeness (QED) is 0.788. The third kappa shape index (κ3) is 2.05. The van der Waals surface area contributed by atoms with Gasteiger partial charge in [0.2, 0.25) is 5.95 Å². The van der Waals surface area contributed by atoms with E-state index in [1.165, 1.54) is 0 Å². The normalized spacial score (nSPS) is 10.1. The highest BCUT2D eigenvalue weighted by molar-refractivity contribution is 6.04. The van der Waals surface area contributed by atoms with E-state index in [2.05, 4.69) is 25.5 Å². The molecule has 0 saturated heterocycles. The molecule has 0 aromatic carbocycles. The van der Waals surface area contributed by atoms with Gasteiger partial charge in [-0.05, 0) is 19.9 Å². The number of nitrogens with one attached hydrogen (secondary N) is 2. The fourth-order valence-corrected chi connectivity index (χ4v) is 1.29. The molecule has 0 bridgehead atoms. The number of carbonyl (C=O) groups excluding carboxylic acids is 1. The summed E-state index contributed by atoms with van der Waals surface area (Å²) in [5.41, 5.74) is 1.80. The van der Waals surface area contributed by atoms with Crippen molar-refractivity contribution in [3.05, 3.63) is 35.4 Å². The first-order chi connectivity index (χ1) is 7.66. The zero-order valence-corrected chi connectivity index (χ0v) is 8.98. The third-order valence-corrected chi connectivity index (χ3v) is 2.08. The van der Waals surface area contributed by atoms with Crippen molar-refractivity contribution in [1.82, 2.24) is 20.2 Å². The summed E-state index contributed by atoms with van der Waals surface area (Å²) in [6, 6.07) is 1.70. The standard InChI is InChI=1S/C10H11N5O/c1-6-5-8(7(2)15-14-6)9(16)13-10-11-3-4-12-10/h3-5H,1-2H3,(H2,11,12,13,16). The number of carbonyl (C=O) groups is 1. The Kier molecular flexibility index (Phi) is 2.63. The molecule has 0 aliphatic heterocycles. The van der Waals surface area contributed by atoms with Crippen molar-refractivity contribution in [2.45, 2.75) is 13.8 Å². The number of hydrogen-bond donors (Lipinski definition) is 2. The van der Waals surface area contributed by atoms with E-state index >= 15 is 0 Å². The molecule has 16 heavy (non-hydrogen) atoms. The largest absolute Gasteiger partial charge is 0.331 e. The lowest BCUT2D eigenvalue weighted by Crippen LogP contribution is -2.15. The zero-order chi connectivity index (χ0) is 11.5. The first-order valence-electron chi connectivity index (χ1n) is 4.78. The first kappa shape index (κ1) is 10.3. The van der Waals surface area contributed by atoms with Gasteiger partial charge in [0.15, 0.2) is 0 Å². The van der Waals surface area contributed by atoms with E-state index in [4.69, 9.17) is 0 Å². The SMILES string of the molecule is Cc1cc(C(=O)Nc2ncc[nH]2)c(C)nn1. The molecule has 6 nitrogen and oxygen atoms in total. The van der Waals surface area contributed by atoms with Crippen LogP contribution >= 0.6 is 0 Å². The molecule has 0 aliphatic carbocycles. The molecule has 2 heterocycles. The fourth-order valence-electron chi connectivity index (χ4n) is 1.29. The Balaban J connectivity index is 2.24. The van der Waals surface area contributed by atoms with Crippen LogP contribution < -0.4 is 5.32 Å². The molecule has 2 aromatic heterocycles. The minimum absolute atomic E-state index is 0.245. The van der Waals surface area contributed by atoms with Gasteiger partial charge in [-0.2, -0.15) is 10.2 Å². The van der Waals surface area contributed by atoms with Gasteiger partial charge in [0, 0.05) is 12.4 Å². The van der Waals surface area contributed by atoms with Crippen molar-refractivity contribution in [2.75, 3.05) is 5.32 Å². The smallest absolute Gasteiger partial charge is 0.259 e. The molecule has 2 N–H and O–H groups in total. The molecule has 2 rings (SSSR count). The number of hydrogen-bond acceptors (Lipinski definition) is 4. The van der Waals surface area contributed by atoms with Crippen LogP contribution in [-0.2, 0) is 0 Å². The van der Waals surface area contributed by atoms with Crippen LogP contribution in [0.2, 0.25) is 0 Å². The zero-order valence-electron chi connectivity index (χ0n) is 8.98. The molecule has 0 aliphatic rings. The van der Waals surface area contributed by atoms with E-state index in [9.17, 15) is 4.79 Å². The van der Waals surface area contributed by atoms with Crippen LogP contribution in [-0.4, -0.2) is 26.1 Å². The maximum Gasteiger partial charge on any atom is 0.259 e. The highest BCUT2D eigenvalue weighted by Gasteiger charge is 2.11. The van der Waals surface area contributed by atoms with Crippen molar-refractivity contribution in [2.24, 2.45) is 0 Å². The lowest BCUT2D eigenvalue weighted by molar-refractivity contribution is 0.102. The summed E-state index contributed by atoms with van der Waals surface area (Å²) >= 11 is 0. The van der Waals surface area contributed by atoms with Crippen LogP contribution in [0.15, 0.2) is 18.5 Å². The second-order valence-electron chi connectivity index (χ2n) is 3.38. The second kappa shape index (κ2) is 4.09. The topological polar surface area (TPSA) is 83.6 Å². The fraction of sp³-hybridized carbons (Fsp3) is 0.200. The van der Waals surface area contributed by atoms with Crippen molar-refractivity contribution in [3.63, 3.8) is 0 Å². The number of aromatic nitrogens is 4. The Morgan fingerprint density at radius 3 is 2.88 bits per heavy atom. The van der Waals surface area contributed by atoms with Crippen LogP contribution in [0, 0.1) is 13.8 Å². The van der Waals surface area contributed by atoms with E-state index < -0.39 is 0 Å². The summed E-state index contributed by atoms with van der Waals surface area (Å²) in [4.78, 5) is 18.5. The molecule has 1 amide bonds. The number of aryl methyl sites for hydroxylation is 2. The van der Waals surface area contributed by atoms with E-state index in [0.717, 1.165) is 0 Å². The molecular formula is C10H11N5O.